The van der Waals surface area contributed by atoms with E-state index in [0.29, 0.717) is 15.8 Å². The van der Waals surface area contributed by atoms with Crippen LogP contribution >= 0.6 is 23.2 Å². The van der Waals surface area contributed by atoms with Crippen LogP contribution in [0.5, 0.6) is 5.75 Å². The van der Waals surface area contributed by atoms with E-state index in [1.165, 1.54) is 0 Å². The Balaban J connectivity index is 1.66. The highest BCUT2D eigenvalue weighted by Crippen LogP contribution is 2.17. The van der Waals surface area contributed by atoms with Crippen molar-refractivity contribution >= 4 is 35.0 Å². The van der Waals surface area contributed by atoms with E-state index in [9.17, 15) is 9.59 Å². The SMILES string of the molecule is C[C@@H](NCC(=O)NNC(=O)COc1ccc(Cl)cc1)c1cccc(Cl)c1. The van der Waals surface area contributed by atoms with E-state index in [-0.39, 0.29) is 25.1 Å². The Morgan fingerprint density at radius 1 is 1.00 bits per heavy atom. The third-order valence-electron chi connectivity index (χ3n) is 3.44. The van der Waals surface area contributed by atoms with Crippen LogP contribution in [-0.4, -0.2) is 25.0 Å². The van der Waals surface area contributed by atoms with E-state index in [1.54, 1.807) is 30.3 Å². The van der Waals surface area contributed by atoms with Crippen molar-refractivity contribution in [3.8, 4) is 5.75 Å². The van der Waals surface area contributed by atoms with Crippen LogP contribution in [0, 0.1) is 0 Å². The molecule has 0 aliphatic rings. The highest BCUT2D eigenvalue weighted by molar-refractivity contribution is 6.30. The molecule has 26 heavy (non-hydrogen) atoms. The number of carbonyl (C=O) groups is 2. The quantitative estimate of drug-likeness (QED) is 0.629. The van der Waals surface area contributed by atoms with Crippen LogP contribution in [0.4, 0.5) is 0 Å². The Morgan fingerprint density at radius 2 is 1.69 bits per heavy atom. The Morgan fingerprint density at radius 3 is 2.38 bits per heavy atom. The normalized spacial score (nSPS) is 11.5. The molecule has 0 bridgehead atoms. The Hall–Kier alpha value is -2.28. The molecule has 8 heteroatoms. The largest absolute Gasteiger partial charge is 0.484 e. The number of hydrogen-bond acceptors (Lipinski definition) is 4. The fourth-order valence-electron chi connectivity index (χ4n) is 2.04. The van der Waals surface area contributed by atoms with Crippen LogP contribution in [0.25, 0.3) is 0 Å². The number of hydrogen-bond donors (Lipinski definition) is 3. The predicted octanol–water partition coefficient (Wildman–Crippen LogP) is 2.87. The number of benzene rings is 2. The fourth-order valence-corrected chi connectivity index (χ4v) is 2.36. The zero-order valence-electron chi connectivity index (χ0n) is 14.1. The third kappa shape index (κ3) is 6.92. The summed E-state index contributed by atoms with van der Waals surface area (Å²) in [7, 11) is 0. The van der Waals surface area contributed by atoms with Crippen molar-refractivity contribution < 1.29 is 14.3 Å². The summed E-state index contributed by atoms with van der Waals surface area (Å²) in [6, 6.07) is 13.9. The average molecular weight is 396 g/mol. The second-order valence-electron chi connectivity index (χ2n) is 5.50. The summed E-state index contributed by atoms with van der Waals surface area (Å²) < 4.78 is 5.27. The minimum Gasteiger partial charge on any atom is -0.484 e. The molecule has 0 fully saturated rings. The van der Waals surface area contributed by atoms with Gasteiger partial charge in [0.25, 0.3) is 11.8 Å². The minimum absolute atomic E-state index is 0.0337. The summed E-state index contributed by atoms with van der Waals surface area (Å²) in [5, 5.41) is 4.26. The van der Waals surface area contributed by atoms with E-state index in [4.69, 9.17) is 27.9 Å². The molecular formula is C18H19Cl2N3O3. The summed E-state index contributed by atoms with van der Waals surface area (Å²) in [4.78, 5) is 23.5. The first-order valence-corrected chi connectivity index (χ1v) is 8.64. The first-order chi connectivity index (χ1) is 12.4. The molecule has 2 rings (SSSR count). The van der Waals surface area contributed by atoms with Crippen LogP contribution < -0.4 is 20.9 Å². The summed E-state index contributed by atoms with van der Waals surface area (Å²) in [6.45, 7) is 1.72. The lowest BCUT2D eigenvalue weighted by Gasteiger charge is -2.14. The van der Waals surface area contributed by atoms with E-state index < -0.39 is 5.91 Å². The number of nitrogens with one attached hydrogen (secondary N) is 3. The summed E-state index contributed by atoms with van der Waals surface area (Å²) in [6.07, 6.45) is 0. The molecule has 6 nitrogen and oxygen atoms in total. The maximum absolute atomic E-state index is 11.8. The fraction of sp³-hybridized carbons (Fsp3) is 0.222. The van der Waals surface area contributed by atoms with Crippen LogP contribution in [0.1, 0.15) is 18.5 Å². The molecule has 138 valence electrons. The van der Waals surface area contributed by atoms with Gasteiger partial charge in [-0.15, -0.1) is 0 Å². The van der Waals surface area contributed by atoms with Gasteiger partial charge >= 0.3 is 0 Å². The Labute approximate surface area is 161 Å². The van der Waals surface area contributed by atoms with E-state index in [1.807, 2.05) is 25.1 Å². The van der Waals surface area contributed by atoms with Crippen LogP contribution in [-0.2, 0) is 9.59 Å². The first kappa shape index (κ1) is 20.0. The van der Waals surface area contributed by atoms with Crippen LogP contribution in [0.2, 0.25) is 10.0 Å². The molecule has 0 unspecified atom stereocenters. The van der Waals surface area contributed by atoms with Crippen molar-refractivity contribution in [3.05, 3.63) is 64.1 Å². The zero-order valence-corrected chi connectivity index (χ0v) is 15.6. The molecule has 0 aliphatic heterocycles. The van der Waals surface area contributed by atoms with Gasteiger partial charge in [0.1, 0.15) is 5.75 Å². The van der Waals surface area contributed by atoms with Crippen molar-refractivity contribution in [2.45, 2.75) is 13.0 Å². The smallest absolute Gasteiger partial charge is 0.276 e. The molecular weight excluding hydrogens is 377 g/mol. The van der Waals surface area contributed by atoms with Crippen molar-refractivity contribution in [2.75, 3.05) is 13.2 Å². The third-order valence-corrected chi connectivity index (χ3v) is 3.93. The maximum atomic E-state index is 11.8. The molecule has 0 saturated heterocycles. The first-order valence-electron chi connectivity index (χ1n) is 7.89. The monoisotopic (exact) mass is 395 g/mol. The van der Waals surface area contributed by atoms with Gasteiger partial charge in [0.05, 0.1) is 6.54 Å². The molecule has 2 amide bonds. The van der Waals surface area contributed by atoms with Crippen LogP contribution in [0.3, 0.4) is 0 Å². The van der Waals surface area contributed by atoms with Gasteiger partial charge in [-0.1, -0.05) is 35.3 Å². The average Bonchev–Trinajstić information content (AvgIpc) is 2.64. The van der Waals surface area contributed by atoms with Gasteiger partial charge in [0, 0.05) is 16.1 Å². The lowest BCUT2D eigenvalue weighted by molar-refractivity contribution is -0.129. The topological polar surface area (TPSA) is 79.5 Å². The van der Waals surface area contributed by atoms with Crippen molar-refractivity contribution in [3.63, 3.8) is 0 Å². The van der Waals surface area contributed by atoms with Crippen LogP contribution in [0.15, 0.2) is 48.5 Å². The van der Waals surface area contributed by atoms with Gasteiger partial charge in [-0.2, -0.15) is 0 Å². The molecule has 3 N–H and O–H groups in total. The van der Waals surface area contributed by atoms with E-state index in [2.05, 4.69) is 16.2 Å². The molecule has 0 spiro atoms. The van der Waals surface area contributed by atoms with Gasteiger partial charge in [-0.25, -0.2) is 0 Å². The van der Waals surface area contributed by atoms with Crippen molar-refractivity contribution in [1.82, 2.24) is 16.2 Å². The molecule has 0 radical (unpaired) electrons. The highest BCUT2D eigenvalue weighted by Gasteiger charge is 2.09. The molecule has 0 heterocycles. The standard InChI is InChI=1S/C18H19Cl2N3O3/c1-12(13-3-2-4-15(20)9-13)21-10-17(24)22-23-18(25)11-26-16-7-5-14(19)6-8-16/h2-9,12,21H,10-11H2,1H3,(H,22,24)(H,23,25)/t12-/m1/s1. The Bertz CT molecular complexity index is 754. The number of amides is 2. The van der Waals surface area contributed by atoms with E-state index >= 15 is 0 Å². The van der Waals surface area contributed by atoms with Gasteiger partial charge in [-0.05, 0) is 48.9 Å². The van der Waals surface area contributed by atoms with E-state index in [0.717, 1.165) is 5.56 Å². The molecule has 2 aromatic rings. The lowest BCUT2D eigenvalue weighted by atomic mass is 10.1. The second kappa shape index (κ2) is 10.0. The van der Waals surface area contributed by atoms with Crippen molar-refractivity contribution in [2.24, 2.45) is 0 Å². The zero-order chi connectivity index (χ0) is 18.9. The summed E-state index contributed by atoms with van der Waals surface area (Å²) in [5.74, 6) is -0.345. The lowest BCUT2D eigenvalue weighted by Crippen LogP contribution is -2.47. The predicted molar refractivity (Wildman–Crippen MR) is 101 cm³/mol. The number of halogens is 2. The Kier molecular flexibility index (Phi) is 7.72. The molecule has 0 aliphatic carbocycles. The summed E-state index contributed by atoms with van der Waals surface area (Å²) >= 11 is 11.7. The maximum Gasteiger partial charge on any atom is 0.276 e. The van der Waals surface area contributed by atoms with Crippen molar-refractivity contribution in [1.29, 1.82) is 0 Å². The number of ether oxygens (including phenoxy) is 1. The highest BCUT2D eigenvalue weighted by atomic mass is 35.5. The van der Waals surface area contributed by atoms with Gasteiger partial charge in [0.2, 0.25) is 0 Å². The molecule has 0 aromatic heterocycles. The molecule has 1 atom stereocenters. The molecule has 0 saturated carbocycles. The second-order valence-corrected chi connectivity index (χ2v) is 6.37. The number of carbonyl (C=O) groups excluding carboxylic acids is 2. The minimum atomic E-state index is -0.476. The van der Waals surface area contributed by atoms with Gasteiger partial charge < -0.3 is 10.1 Å². The number of rotatable bonds is 7. The molecule has 2 aromatic carbocycles. The van der Waals surface area contributed by atoms with Gasteiger partial charge in [0.15, 0.2) is 6.61 Å². The number of hydrazine groups is 1. The summed E-state index contributed by atoms with van der Waals surface area (Å²) in [5.41, 5.74) is 5.57. The van der Waals surface area contributed by atoms with Gasteiger partial charge in [-0.3, -0.25) is 20.4 Å².